The standard InChI is InChI=1S/C11H13N3O/c1-15-10-3-2-9(11(12)5-10)4-8-6-13-14-7-8/h2-3,5-7H,4,12H2,1H3,(H,13,14). The van der Waals surface area contributed by atoms with Crippen LogP contribution in [0.5, 0.6) is 5.75 Å². The Morgan fingerprint density at radius 1 is 1.47 bits per heavy atom. The lowest BCUT2D eigenvalue weighted by molar-refractivity contribution is 0.415. The van der Waals surface area contributed by atoms with Crippen molar-refractivity contribution in [1.29, 1.82) is 0 Å². The predicted molar refractivity (Wildman–Crippen MR) is 58.8 cm³/mol. The highest BCUT2D eigenvalue weighted by Crippen LogP contribution is 2.21. The topological polar surface area (TPSA) is 63.9 Å². The van der Waals surface area contributed by atoms with Crippen LogP contribution in [0.2, 0.25) is 0 Å². The Kier molecular flexibility index (Phi) is 2.58. The van der Waals surface area contributed by atoms with Crippen LogP contribution in [0.4, 0.5) is 5.69 Å². The van der Waals surface area contributed by atoms with Crippen molar-refractivity contribution in [2.45, 2.75) is 6.42 Å². The molecule has 2 aromatic rings. The van der Waals surface area contributed by atoms with Gasteiger partial charge in [0.05, 0.1) is 13.3 Å². The Balaban J connectivity index is 2.22. The molecule has 0 saturated carbocycles. The molecule has 0 spiro atoms. The number of anilines is 1. The van der Waals surface area contributed by atoms with Crippen molar-refractivity contribution in [3.63, 3.8) is 0 Å². The third-order valence-corrected chi connectivity index (χ3v) is 2.30. The number of nitrogens with two attached hydrogens (primary N) is 1. The van der Waals surface area contributed by atoms with Crippen LogP contribution >= 0.6 is 0 Å². The summed E-state index contributed by atoms with van der Waals surface area (Å²) in [5.41, 5.74) is 8.85. The molecule has 0 saturated heterocycles. The average Bonchev–Trinajstić information content (AvgIpc) is 2.74. The van der Waals surface area contributed by atoms with Crippen LogP contribution in [0.25, 0.3) is 0 Å². The van der Waals surface area contributed by atoms with E-state index in [0.29, 0.717) is 0 Å². The lowest BCUT2D eigenvalue weighted by atomic mass is 10.1. The Labute approximate surface area is 88.1 Å². The number of benzene rings is 1. The van der Waals surface area contributed by atoms with Gasteiger partial charge in [0, 0.05) is 24.4 Å². The number of H-pyrrole nitrogens is 1. The minimum atomic E-state index is 0.746. The molecule has 0 amide bonds. The zero-order valence-electron chi connectivity index (χ0n) is 8.53. The molecule has 3 N–H and O–H groups in total. The van der Waals surface area contributed by atoms with E-state index in [9.17, 15) is 0 Å². The summed E-state index contributed by atoms with van der Waals surface area (Å²) in [7, 11) is 1.63. The molecular formula is C11H13N3O. The highest BCUT2D eigenvalue weighted by atomic mass is 16.5. The van der Waals surface area contributed by atoms with Gasteiger partial charge in [-0.1, -0.05) is 6.07 Å². The lowest BCUT2D eigenvalue weighted by Gasteiger charge is -2.06. The molecule has 15 heavy (non-hydrogen) atoms. The predicted octanol–water partition coefficient (Wildman–Crippen LogP) is 1.59. The molecular weight excluding hydrogens is 190 g/mol. The van der Waals surface area contributed by atoms with Crippen LogP contribution in [0, 0.1) is 0 Å². The number of aromatic nitrogens is 2. The molecule has 0 aliphatic carbocycles. The van der Waals surface area contributed by atoms with Gasteiger partial charge in [-0.2, -0.15) is 5.10 Å². The van der Waals surface area contributed by atoms with E-state index in [1.807, 2.05) is 24.4 Å². The van der Waals surface area contributed by atoms with Crippen LogP contribution in [-0.2, 0) is 6.42 Å². The lowest BCUT2D eigenvalue weighted by Crippen LogP contribution is -1.96. The maximum absolute atomic E-state index is 5.90. The van der Waals surface area contributed by atoms with Crippen molar-refractivity contribution in [1.82, 2.24) is 10.2 Å². The van der Waals surface area contributed by atoms with E-state index in [4.69, 9.17) is 10.5 Å². The maximum Gasteiger partial charge on any atom is 0.120 e. The molecule has 4 nitrogen and oxygen atoms in total. The van der Waals surface area contributed by atoms with E-state index < -0.39 is 0 Å². The van der Waals surface area contributed by atoms with E-state index in [1.54, 1.807) is 13.3 Å². The first kappa shape index (κ1) is 9.58. The van der Waals surface area contributed by atoms with Gasteiger partial charge in [-0.05, 0) is 17.2 Å². The number of aromatic amines is 1. The number of nitrogens with zero attached hydrogens (tertiary/aromatic N) is 1. The average molecular weight is 203 g/mol. The minimum absolute atomic E-state index is 0.746. The van der Waals surface area contributed by atoms with Gasteiger partial charge < -0.3 is 10.5 Å². The number of hydrogen-bond donors (Lipinski definition) is 2. The second-order valence-corrected chi connectivity index (χ2v) is 3.35. The van der Waals surface area contributed by atoms with Crippen LogP contribution in [0.15, 0.2) is 30.6 Å². The Morgan fingerprint density at radius 2 is 2.33 bits per heavy atom. The van der Waals surface area contributed by atoms with Crippen molar-refractivity contribution in [2.24, 2.45) is 0 Å². The van der Waals surface area contributed by atoms with Crippen LogP contribution in [0.1, 0.15) is 11.1 Å². The van der Waals surface area contributed by atoms with Crippen molar-refractivity contribution in [3.05, 3.63) is 41.7 Å². The smallest absolute Gasteiger partial charge is 0.120 e. The number of rotatable bonds is 3. The SMILES string of the molecule is COc1ccc(Cc2cn[nH]c2)c(N)c1. The van der Waals surface area contributed by atoms with Gasteiger partial charge in [0.15, 0.2) is 0 Å². The summed E-state index contributed by atoms with van der Waals surface area (Å²) < 4.78 is 5.09. The Hall–Kier alpha value is -1.97. The van der Waals surface area contributed by atoms with Crippen LogP contribution < -0.4 is 10.5 Å². The second kappa shape index (κ2) is 4.04. The summed E-state index contributed by atoms with van der Waals surface area (Å²) in [5.74, 6) is 0.781. The third kappa shape index (κ3) is 2.10. The first-order valence-electron chi connectivity index (χ1n) is 4.69. The second-order valence-electron chi connectivity index (χ2n) is 3.35. The van der Waals surface area contributed by atoms with Crippen LogP contribution in [0.3, 0.4) is 0 Å². The fourth-order valence-electron chi connectivity index (χ4n) is 1.46. The molecule has 0 unspecified atom stereocenters. The zero-order valence-corrected chi connectivity index (χ0v) is 8.53. The third-order valence-electron chi connectivity index (χ3n) is 2.30. The molecule has 0 bridgehead atoms. The highest BCUT2D eigenvalue weighted by Gasteiger charge is 2.03. The first-order valence-corrected chi connectivity index (χ1v) is 4.69. The van der Waals surface area contributed by atoms with Gasteiger partial charge in [-0.3, -0.25) is 5.10 Å². The van der Waals surface area contributed by atoms with Crippen molar-refractivity contribution in [3.8, 4) is 5.75 Å². The van der Waals surface area contributed by atoms with Crippen LogP contribution in [-0.4, -0.2) is 17.3 Å². The maximum atomic E-state index is 5.90. The van der Waals surface area contributed by atoms with Gasteiger partial charge in [-0.15, -0.1) is 0 Å². The first-order chi connectivity index (χ1) is 7.29. The van der Waals surface area contributed by atoms with Gasteiger partial charge in [0.25, 0.3) is 0 Å². The Morgan fingerprint density at radius 3 is 2.93 bits per heavy atom. The van der Waals surface area contributed by atoms with Gasteiger partial charge >= 0.3 is 0 Å². The van der Waals surface area contributed by atoms with Gasteiger partial charge in [0.1, 0.15) is 5.75 Å². The molecule has 1 aromatic heterocycles. The molecule has 2 rings (SSSR count). The van der Waals surface area contributed by atoms with Crippen molar-refractivity contribution < 1.29 is 4.74 Å². The molecule has 0 fully saturated rings. The quantitative estimate of drug-likeness (QED) is 0.744. The van der Waals surface area contributed by atoms with Gasteiger partial charge in [0.2, 0.25) is 0 Å². The van der Waals surface area contributed by atoms with Crippen molar-refractivity contribution >= 4 is 5.69 Å². The summed E-state index contributed by atoms with van der Waals surface area (Å²) in [6, 6.07) is 5.71. The minimum Gasteiger partial charge on any atom is -0.497 e. The van der Waals surface area contributed by atoms with Gasteiger partial charge in [-0.25, -0.2) is 0 Å². The summed E-state index contributed by atoms with van der Waals surface area (Å²) in [6.07, 6.45) is 4.44. The molecule has 1 aromatic carbocycles. The molecule has 0 aliphatic rings. The Bertz CT molecular complexity index is 437. The number of methoxy groups -OCH3 is 1. The monoisotopic (exact) mass is 203 g/mol. The number of hydrogen-bond acceptors (Lipinski definition) is 3. The number of nitrogens with one attached hydrogen (secondary N) is 1. The molecule has 1 heterocycles. The zero-order chi connectivity index (χ0) is 10.7. The molecule has 4 heteroatoms. The fraction of sp³-hybridized carbons (Fsp3) is 0.182. The summed E-state index contributed by atoms with van der Waals surface area (Å²) in [4.78, 5) is 0. The molecule has 0 radical (unpaired) electrons. The summed E-state index contributed by atoms with van der Waals surface area (Å²) in [6.45, 7) is 0. The summed E-state index contributed by atoms with van der Waals surface area (Å²) in [5, 5.41) is 6.67. The molecule has 78 valence electrons. The van der Waals surface area contributed by atoms with E-state index in [2.05, 4.69) is 10.2 Å². The van der Waals surface area contributed by atoms with Crippen molar-refractivity contribution in [2.75, 3.05) is 12.8 Å². The van der Waals surface area contributed by atoms with E-state index >= 15 is 0 Å². The number of nitrogen functional groups attached to an aromatic ring is 1. The largest absolute Gasteiger partial charge is 0.497 e. The molecule has 0 aliphatic heterocycles. The van der Waals surface area contributed by atoms with E-state index in [0.717, 1.165) is 29.0 Å². The van der Waals surface area contributed by atoms with E-state index in [-0.39, 0.29) is 0 Å². The highest BCUT2D eigenvalue weighted by molar-refractivity contribution is 5.52. The summed E-state index contributed by atoms with van der Waals surface area (Å²) >= 11 is 0. The van der Waals surface area contributed by atoms with E-state index in [1.165, 1.54) is 0 Å². The normalized spacial score (nSPS) is 10.2. The fourth-order valence-corrected chi connectivity index (χ4v) is 1.46. The number of ether oxygens (including phenoxy) is 1. The molecule has 0 atom stereocenters.